The van der Waals surface area contributed by atoms with E-state index in [1.807, 2.05) is 0 Å². The van der Waals surface area contributed by atoms with Crippen molar-refractivity contribution < 1.29 is 28.6 Å². The standard InChI is InChI=1S/C68H130O6/c1-4-7-10-13-15-17-19-21-23-25-27-29-30-31-32-33-34-35-36-37-38-39-41-42-44-46-48-50-52-55-58-61-67(70)73-64-65(63-72-66(69)60-57-54-12-9-6-3)74-68(71)62-59-56-53-51-49-47-45-43-40-28-26-24-22-20-18-16-14-11-8-5-2/h25,27,65H,4-24,26,28-64H2,1-3H3/b27-25-. The molecule has 0 amide bonds. The molecule has 6 nitrogen and oxygen atoms in total. The van der Waals surface area contributed by atoms with Crippen LogP contribution in [0.25, 0.3) is 0 Å². The van der Waals surface area contributed by atoms with Gasteiger partial charge in [0, 0.05) is 19.3 Å². The van der Waals surface area contributed by atoms with Crippen LogP contribution >= 0.6 is 0 Å². The predicted molar refractivity (Wildman–Crippen MR) is 321 cm³/mol. The Morgan fingerprint density at radius 3 is 0.676 bits per heavy atom. The summed E-state index contributed by atoms with van der Waals surface area (Å²) in [6, 6.07) is 0. The first kappa shape index (κ1) is 72.2. The molecule has 0 aliphatic carbocycles. The maximum atomic E-state index is 12.8. The van der Waals surface area contributed by atoms with Gasteiger partial charge in [-0.3, -0.25) is 14.4 Å². The molecule has 74 heavy (non-hydrogen) atoms. The summed E-state index contributed by atoms with van der Waals surface area (Å²) in [4.78, 5) is 37.9. The molecule has 0 bridgehead atoms. The number of unbranched alkanes of at least 4 members (excludes halogenated alkanes) is 50. The normalized spacial score (nSPS) is 12.0. The smallest absolute Gasteiger partial charge is 0.306 e. The summed E-state index contributed by atoms with van der Waals surface area (Å²) in [5, 5.41) is 0. The first-order valence-electron chi connectivity index (χ1n) is 33.7. The van der Waals surface area contributed by atoms with Crippen molar-refractivity contribution in [2.24, 2.45) is 0 Å². The average molecular weight is 1040 g/mol. The summed E-state index contributed by atoms with van der Waals surface area (Å²) in [6.45, 7) is 6.63. The van der Waals surface area contributed by atoms with Crippen molar-refractivity contribution in [2.45, 2.75) is 393 Å². The third-order valence-corrected chi connectivity index (χ3v) is 15.5. The quantitative estimate of drug-likeness (QED) is 0.0261. The maximum Gasteiger partial charge on any atom is 0.306 e. The van der Waals surface area contributed by atoms with Crippen molar-refractivity contribution in [1.29, 1.82) is 0 Å². The lowest BCUT2D eigenvalue weighted by atomic mass is 10.0. The summed E-state index contributed by atoms with van der Waals surface area (Å²) in [7, 11) is 0. The molecule has 0 spiro atoms. The van der Waals surface area contributed by atoms with Crippen molar-refractivity contribution in [3.8, 4) is 0 Å². The Bertz CT molecular complexity index is 1150. The highest BCUT2D eigenvalue weighted by molar-refractivity contribution is 5.71. The Kier molecular flexibility index (Phi) is 62.1. The van der Waals surface area contributed by atoms with Crippen LogP contribution < -0.4 is 0 Å². The van der Waals surface area contributed by atoms with Crippen LogP contribution in [0.4, 0.5) is 0 Å². The molecule has 0 saturated carbocycles. The van der Waals surface area contributed by atoms with Gasteiger partial charge in [0.25, 0.3) is 0 Å². The van der Waals surface area contributed by atoms with Gasteiger partial charge in [-0.05, 0) is 44.9 Å². The van der Waals surface area contributed by atoms with Gasteiger partial charge in [0.05, 0.1) is 0 Å². The van der Waals surface area contributed by atoms with Gasteiger partial charge >= 0.3 is 17.9 Å². The Hall–Kier alpha value is -1.85. The summed E-state index contributed by atoms with van der Waals surface area (Å²) < 4.78 is 16.8. The number of hydrogen-bond donors (Lipinski definition) is 0. The van der Waals surface area contributed by atoms with Gasteiger partial charge in [-0.2, -0.15) is 0 Å². The highest BCUT2D eigenvalue weighted by Crippen LogP contribution is 2.19. The fraction of sp³-hybridized carbons (Fsp3) is 0.926. The Morgan fingerprint density at radius 2 is 0.446 bits per heavy atom. The molecular formula is C68H130O6. The van der Waals surface area contributed by atoms with Gasteiger partial charge in [-0.1, -0.05) is 335 Å². The molecule has 0 fully saturated rings. The van der Waals surface area contributed by atoms with E-state index in [0.29, 0.717) is 19.3 Å². The Labute approximate surface area is 462 Å². The molecule has 1 atom stereocenters. The third-order valence-electron chi connectivity index (χ3n) is 15.5. The fourth-order valence-corrected chi connectivity index (χ4v) is 10.4. The van der Waals surface area contributed by atoms with Crippen LogP contribution in [-0.2, 0) is 28.6 Å². The zero-order valence-corrected chi connectivity index (χ0v) is 50.4. The molecule has 0 N–H and O–H groups in total. The minimum atomic E-state index is -0.762. The molecule has 0 aromatic heterocycles. The van der Waals surface area contributed by atoms with E-state index in [2.05, 4.69) is 32.9 Å². The first-order chi connectivity index (χ1) is 36.5. The maximum absolute atomic E-state index is 12.8. The molecule has 1 unspecified atom stereocenters. The number of rotatable bonds is 63. The molecule has 0 radical (unpaired) electrons. The molecular weight excluding hydrogens is 913 g/mol. The lowest BCUT2D eigenvalue weighted by molar-refractivity contribution is -0.167. The lowest BCUT2D eigenvalue weighted by Gasteiger charge is -2.18. The molecule has 0 aliphatic heterocycles. The molecule has 0 heterocycles. The monoisotopic (exact) mass is 1040 g/mol. The molecule has 0 aromatic rings. The Morgan fingerprint density at radius 1 is 0.257 bits per heavy atom. The number of esters is 3. The van der Waals surface area contributed by atoms with Crippen LogP contribution in [0, 0.1) is 0 Å². The molecule has 0 aliphatic rings. The van der Waals surface area contributed by atoms with Crippen molar-refractivity contribution in [3.05, 3.63) is 12.2 Å². The van der Waals surface area contributed by atoms with Crippen molar-refractivity contribution in [1.82, 2.24) is 0 Å². The second kappa shape index (κ2) is 63.7. The minimum Gasteiger partial charge on any atom is -0.462 e. The van der Waals surface area contributed by atoms with Crippen LogP contribution in [0.15, 0.2) is 12.2 Å². The predicted octanol–water partition coefficient (Wildman–Crippen LogP) is 22.8. The fourth-order valence-electron chi connectivity index (χ4n) is 10.4. The van der Waals surface area contributed by atoms with Crippen LogP contribution in [0.2, 0.25) is 0 Å². The van der Waals surface area contributed by atoms with Gasteiger partial charge in [0.15, 0.2) is 6.10 Å². The highest BCUT2D eigenvalue weighted by Gasteiger charge is 2.19. The van der Waals surface area contributed by atoms with Crippen molar-refractivity contribution in [3.63, 3.8) is 0 Å². The summed E-state index contributed by atoms with van der Waals surface area (Å²) in [6.07, 6.45) is 75.8. The van der Waals surface area contributed by atoms with Crippen molar-refractivity contribution >= 4 is 17.9 Å². The number of ether oxygens (including phenoxy) is 3. The van der Waals surface area contributed by atoms with Gasteiger partial charge in [-0.25, -0.2) is 0 Å². The number of carbonyl (C=O) groups excluding carboxylic acids is 3. The van der Waals surface area contributed by atoms with E-state index >= 15 is 0 Å². The summed E-state index contributed by atoms with van der Waals surface area (Å²) in [5.74, 6) is -0.849. The van der Waals surface area contributed by atoms with Crippen LogP contribution in [0.5, 0.6) is 0 Å². The zero-order valence-electron chi connectivity index (χ0n) is 50.4. The van der Waals surface area contributed by atoms with Crippen molar-refractivity contribution in [2.75, 3.05) is 13.2 Å². The molecule has 0 aromatic carbocycles. The number of allylic oxidation sites excluding steroid dienone is 2. The van der Waals surface area contributed by atoms with E-state index < -0.39 is 6.10 Å². The highest BCUT2D eigenvalue weighted by atomic mass is 16.6. The van der Waals surface area contributed by atoms with Crippen LogP contribution in [0.3, 0.4) is 0 Å². The van der Waals surface area contributed by atoms with Crippen LogP contribution in [0.1, 0.15) is 387 Å². The first-order valence-corrected chi connectivity index (χ1v) is 33.7. The average Bonchev–Trinajstić information content (AvgIpc) is 3.40. The largest absolute Gasteiger partial charge is 0.462 e. The minimum absolute atomic E-state index is 0.0638. The van der Waals surface area contributed by atoms with E-state index in [0.717, 1.165) is 64.2 Å². The van der Waals surface area contributed by atoms with Gasteiger partial charge in [-0.15, -0.1) is 0 Å². The molecule has 438 valence electrons. The van der Waals surface area contributed by atoms with E-state index in [4.69, 9.17) is 14.2 Å². The molecule has 0 rings (SSSR count). The zero-order chi connectivity index (χ0) is 53.6. The van der Waals surface area contributed by atoms with Gasteiger partial charge in [0.2, 0.25) is 0 Å². The molecule has 0 saturated heterocycles. The van der Waals surface area contributed by atoms with Gasteiger partial charge < -0.3 is 14.2 Å². The second-order valence-electron chi connectivity index (χ2n) is 23.1. The van der Waals surface area contributed by atoms with Gasteiger partial charge in [0.1, 0.15) is 13.2 Å². The van der Waals surface area contributed by atoms with Crippen LogP contribution in [-0.4, -0.2) is 37.2 Å². The Balaban J connectivity index is 3.90. The summed E-state index contributed by atoms with van der Waals surface area (Å²) >= 11 is 0. The van der Waals surface area contributed by atoms with E-state index in [-0.39, 0.29) is 31.1 Å². The summed E-state index contributed by atoms with van der Waals surface area (Å²) in [5.41, 5.74) is 0. The SMILES string of the molecule is CCCCCCCCCC/C=C\CCCCCCCCCCCCCCCCCCCCCC(=O)OCC(COC(=O)CCCCCCC)OC(=O)CCCCCCCCCCCCCCCCCCCCCC. The lowest BCUT2D eigenvalue weighted by Crippen LogP contribution is -2.30. The number of carbonyl (C=O) groups is 3. The topological polar surface area (TPSA) is 78.9 Å². The number of hydrogen-bond acceptors (Lipinski definition) is 6. The van der Waals surface area contributed by atoms with E-state index in [1.54, 1.807) is 0 Å². The second-order valence-corrected chi connectivity index (χ2v) is 23.1. The van der Waals surface area contributed by atoms with E-state index in [9.17, 15) is 14.4 Å². The van der Waals surface area contributed by atoms with E-state index in [1.165, 1.54) is 283 Å². The molecule has 6 heteroatoms. The third kappa shape index (κ3) is 61.0.